The minimum absolute atomic E-state index is 0.102. The van der Waals surface area contributed by atoms with Crippen LogP contribution in [0.1, 0.15) is 16.1 Å². The van der Waals surface area contributed by atoms with Crippen LogP contribution in [-0.4, -0.2) is 10.9 Å². The van der Waals surface area contributed by atoms with Crippen molar-refractivity contribution in [1.29, 1.82) is 0 Å². The van der Waals surface area contributed by atoms with E-state index in [4.69, 9.17) is 4.42 Å². The van der Waals surface area contributed by atoms with Crippen molar-refractivity contribution < 1.29 is 9.21 Å². The number of aromatic amines is 1. The van der Waals surface area contributed by atoms with Gasteiger partial charge in [-0.1, -0.05) is 0 Å². The predicted octanol–water partition coefficient (Wildman–Crippen LogP) is 2.69. The zero-order valence-corrected chi connectivity index (χ0v) is 9.64. The van der Waals surface area contributed by atoms with Crippen LogP contribution in [0, 0.1) is 0 Å². The summed E-state index contributed by atoms with van der Waals surface area (Å²) in [6.07, 6.45) is 3.45. The second-order valence-corrected chi connectivity index (χ2v) is 4.04. The molecule has 0 saturated carbocycles. The molecule has 2 aromatic heterocycles. The molecule has 0 aliphatic rings. The van der Waals surface area contributed by atoms with Gasteiger partial charge in [0.2, 0.25) is 0 Å². The highest BCUT2D eigenvalue weighted by atomic mass is 16.3. The smallest absolute Gasteiger partial charge is 0.251 e. The van der Waals surface area contributed by atoms with Gasteiger partial charge in [0.25, 0.3) is 5.91 Å². The van der Waals surface area contributed by atoms with Gasteiger partial charge in [-0.05, 0) is 36.4 Å². The Balaban J connectivity index is 1.75. The lowest BCUT2D eigenvalue weighted by Gasteiger charge is -2.03. The number of nitrogens with one attached hydrogen (secondary N) is 2. The van der Waals surface area contributed by atoms with Crippen molar-refractivity contribution in [2.24, 2.45) is 0 Å². The Bertz CT molecular complexity index is 668. The number of hydrogen-bond acceptors (Lipinski definition) is 2. The maximum Gasteiger partial charge on any atom is 0.251 e. The van der Waals surface area contributed by atoms with E-state index in [1.165, 1.54) is 0 Å². The number of amides is 1. The summed E-state index contributed by atoms with van der Waals surface area (Å²) in [4.78, 5) is 15.0. The third-order valence-corrected chi connectivity index (χ3v) is 2.82. The van der Waals surface area contributed by atoms with Gasteiger partial charge in [-0.2, -0.15) is 0 Å². The lowest BCUT2D eigenvalue weighted by molar-refractivity contribution is 0.0948. The Kier molecular flexibility index (Phi) is 2.61. The van der Waals surface area contributed by atoms with Crippen LogP contribution in [0.3, 0.4) is 0 Å². The van der Waals surface area contributed by atoms with Crippen molar-refractivity contribution in [3.63, 3.8) is 0 Å². The molecule has 0 atom stereocenters. The van der Waals surface area contributed by atoms with Gasteiger partial charge in [-0.15, -0.1) is 0 Å². The SMILES string of the molecule is O=C(NCc1ccco1)c1ccc2[nH]ccc2c1. The van der Waals surface area contributed by atoms with Crippen LogP contribution in [-0.2, 0) is 6.54 Å². The van der Waals surface area contributed by atoms with E-state index in [-0.39, 0.29) is 5.91 Å². The molecule has 3 aromatic rings. The molecule has 0 spiro atoms. The maximum atomic E-state index is 11.9. The number of aromatic nitrogens is 1. The van der Waals surface area contributed by atoms with E-state index in [1.54, 1.807) is 18.4 Å². The molecule has 0 fully saturated rings. The average molecular weight is 240 g/mol. The molecule has 1 amide bonds. The van der Waals surface area contributed by atoms with E-state index >= 15 is 0 Å². The van der Waals surface area contributed by atoms with Gasteiger partial charge >= 0.3 is 0 Å². The van der Waals surface area contributed by atoms with Crippen LogP contribution in [0.15, 0.2) is 53.3 Å². The molecule has 0 aliphatic heterocycles. The normalized spacial score (nSPS) is 10.7. The first kappa shape index (κ1) is 10.7. The molecule has 4 heteroatoms. The summed E-state index contributed by atoms with van der Waals surface area (Å²) in [7, 11) is 0. The molecule has 2 heterocycles. The number of benzene rings is 1. The van der Waals surface area contributed by atoms with Crippen molar-refractivity contribution in [3.8, 4) is 0 Å². The van der Waals surface area contributed by atoms with Gasteiger partial charge in [-0.25, -0.2) is 0 Å². The molecule has 2 N–H and O–H groups in total. The van der Waals surface area contributed by atoms with Crippen LogP contribution in [0.25, 0.3) is 10.9 Å². The minimum Gasteiger partial charge on any atom is -0.467 e. The zero-order valence-electron chi connectivity index (χ0n) is 9.64. The molecule has 4 nitrogen and oxygen atoms in total. The molecule has 0 unspecified atom stereocenters. The lowest BCUT2D eigenvalue weighted by atomic mass is 10.1. The quantitative estimate of drug-likeness (QED) is 0.739. The first-order valence-electron chi connectivity index (χ1n) is 5.71. The van der Waals surface area contributed by atoms with Crippen molar-refractivity contribution >= 4 is 16.8 Å². The van der Waals surface area contributed by atoms with Crippen LogP contribution < -0.4 is 5.32 Å². The summed E-state index contributed by atoms with van der Waals surface area (Å²) in [5.41, 5.74) is 1.67. The second-order valence-electron chi connectivity index (χ2n) is 4.04. The maximum absolute atomic E-state index is 11.9. The van der Waals surface area contributed by atoms with Gasteiger partial charge in [0.1, 0.15) is 5.76 Å². The fraction of sp³-hybridized carbons (Fsp3) is 0.0714. The first-order chi connectivity index (χ1) is 8.83. The summed E-state index contributed by atoms with van der Waals surface area (Å²) in [5.74, 6) is 0.639. The molecule has 18 heavy (non-hydrogen) atoms. The van der Waals surface area contributed by atoms with Gasteiger partial charge in [0.15, 0.2) is 0 Å². The Morgan fingerprint density at radius 2 is 2.22 bits per heavy atom. The number of rotatable bonds is 3. The molecule has 0 aliphatic carbocycles. The van der Waals surface area contributed by atoms with E-state index in [1.807, 2.05) is 30.5 Å². The topological polar surface area (TPSA) is 58.0 Å². The van der Waals surface area contributed by atoms with Gasteiger partial charge in [-0.3, -0.25) is 4.79 Å². The first-order valence-corrected chi connectivity index (χ1v) is 5.71. The van der Waals surface area contributed by atoms with Crippen LogP contribution in [0.4, 0.5) is 0 Å². The molecule has 1 aromatic carbocycles. The lowest BCUT2D eigenvalue weighted by Crippen LogP contribution is -2.22. The molecular formula is C14H12N2O2. The summed E-state index contributed by atoms with van der Waals surface area (Å²) < 4.78 is 5.16. The van der Waals surface area contributed by atoms with E-state index in [9.17, 15) is 4.79 Å². The number of carbonyl (C=O) groups excluding carboxylic acids is 1. The Morgan fingerprint density at radius 1 is 1.28 bits per heavy atom. The van der Waals surface area contributed by atoms with Crippen molar-refractivity contribution in [3.05, 3.63) is 60.2 Å². The molecule has 3 rings (SSSR count). The standard InChI is InChI=1S/C14H12N2O2/c17-14(16-9-12-2-1-7-18-12)11-3-4-13-10(8-11)5-6-15-13/h1-8,15H,9H2,(H,16,17). The molecular weight excluding hydrogens is 228 g/mol. The number of carbonyl (C=O) groups is 1. The van der Waals surface area contributed by atoms with E-state index < -0.39 is 0 Å². The summed E-state index contributed by atoms with van der Waals surface area (Å²) in [6.45, 7) is 0.400. The third kappa shape index (κ3) is 2.00. The average Bonchev–Trinajstić information content (AvgIpc) is 3.05. The minimum atomic E-state index is -0.102. The van der Waals surface area contributed by atoms with E-state index in [0.29, 0.717) is 12.1 Å². The van der Waals surface area contributed by atoms with Crippen LogP contribution in [0.5, 0.6) is 0 Å². The molecule has 90 valence electrons. The summed E-state index contributed by atoms with van der Waals surface area (Å²) in [6, 6.07) is 11.1. The fourth-order valence-corrected chi connectivity index (χ4v) is 1.88. The second kappa shape index (κ2) is 4.41. The number of H-pyrrole nitrogens is 1. The van der Waals surface area contributed by atoms with Crippen molar-refractivity contribution in [2.75, 3.05) is 0 Å². The van der Waals surface area contributed by atoms with Gasteiger partial charge in [0, 0.05) is 22.7 Å². The third-order valence-electron chi connectivity index (χ3n) is 2.82. The van der Waals surface area contributed by atoms with Gasteiger partial charge in [0.05, 0.1) is 12.8 Å². The van der Waals surface area contributed by atoms with Crippen molar-refractivity contribution in [1.82, 2.24) is 10.3 Å². The Hall–Kier alpha value is -2.49. The number of fused-ring (bicyclic) bond motifs is 1. The fourth-order valence-electron chi connectivity index (χ4n) is 1.88. The van der Waals surface area contributed by atoms with E-state index in [0.717, 1.165) is 16.7 Å². The highest BCUT2D eigenvalue weighted by molar-refractivity contribution is 5.97. The largest absolute Gasteiger partial charge is 0.467 e. The Labute approximate surface area is 104 Å². The van der Waals surface area contributed by atoms with Crippen LogP contribution >= 0.6 is 0 Å². The monoisotopic (exact) mass is 240 g/mol. The molecule has 0 bridgehead atoms. The van der Waals surface area contributed by atoms with Crippen molar-refractivity contribution in [2.45, 2.75) is 6.54 Å². The Morgan fingerprint density at radius 3 is 3.06 bits per heavy atom. The zero-order chi connectivity index (χ0) is 12.4. The number of hydrogen-bond donors (Lipinski definition) is 2. The summed E-state index contributed by atoms with van der Waals surface area (Å²) in [5, 5.41) is 3.84. The molecule has 0 radical (unpaired) electrons. The van der Waals surface area contributed by atoms with E-state index in [2.05, 4.69) is 10.3 Å². The van der Waals surface area contributed by atoms with Crippen LogP contribution in [0.2, 0.25) is 0 Å². The highest BCUT2D eigenvalue weighted by Crippen LogP contribution is 2.14. The summed E-state index contributed by atoms with van der Waals surface area (Å²) >= 11 is 0. The highest BCUT2D eigenvalue weighted by Gasteiger charge is 2.07. The number of furan rings is 1. The molecule has 0 saturated heterocycles. The predicted molar refractivity (Wildman–Crippen MR) is 68.2 cm³/mol. The van der Waals surface area contributed by atoms with Gasteiger partial charge < -0.3 is 14.7 Å².